The Morgan fingerprint density at radius 2 is 1.85 bits per heavy atom. The Bertz CT molecular complexity index is 1020. The van der Waals surface area contributed by atoms with Crippen LogP contribution in [0.15, 0.2) is 60.0 Å². The second-order valence-electron chi connectivity index (χ2n) is 5.90. The molecule has 2 aromatic carbocycles. The van der Waals surface area contributed by atoms with Crippen molar-refractivity contribution in [1.29, 1.82) is 0 Å². The number of thioether (sulfide) groups is 1. The first kappa shape index (κ1) is 16.5. The molecule has 26 heavy (non-hydrogen) atoms. The maximum absolute atomic E-state index is 4.26. The predicted molar refractivity (Wildman–Crippen MR) is 99.5 cm³/mol. The second kappa shape index (κ2) is 7.09. The number of rotatable bonds is 5. The smallest absolute Gasteiger partial charge is 0.196 e. The van der Waals surface area contributed by atoms with Crippen LogP contribution in [0.5, 0.6) is 0 Å². The van der Waals surface area contributed by atoms with Crippen LogP contribution in [0, 0.1) is 13.8 Å². The molecule has 4 aromatic rings. The second-order valence-corrected chi connectivity index (χ2v) is 6.85. The molecule has 0 aliphatic rings. The van der Waals surface area contributed by atoms with E-state index in [2.05, 4.69) is 57.8 Å². The van der Waals surface area contributed by atoms with Gasteiger partial charge in [-0.1, -0.05) is 47.7 Å². The number of benzene rings is 2. The summed E-state index contributed by atoms with van der Waals surface area (Å²) in [6.45, 7) is 4.18. The molecule has 0 fully saturated rings. The van der Waals surface area contributed by atoms with Crippen molar-refractivity contribution in [3.63, 3.8) is 0 Å². The summed E-state index contributed by atoms with van der Waals surface area (Å²) in [5, 5.41) is 21.2. The zero-order valence-electron chi connectivity index (χ0n) is 14.4. The summed E-state index contributed by atoms with van der Waals surface area (Å²) >= 11 is 1.55. The number of hydrogen-bond acceptors (Lipinski definition) is 6. The van der Waals surface area contributed by atoms with Crippen LogP contribution in [-0.4, -0.2) is 35.0 Å². The van der Waals surface area contributed by atoms with E-state index in [9.17, 15) is 0 Å². The van der Waals surface area contributed by atoms with E-state index >= 15 is 0 Å². The molecular formula is C18H17N7S. The van der Waals surface area contributed by atoms with Gasteiger partial charge in [-0.25, -0.2) is 0 Å². The van der Waals surface area contributed by atoms with Crippen molar-refractivity contribution < 1.29 is 0 Å². The average molecular weight is 363 g/mol. The number of para-hydroxylation sites is 1. The molecule has 2 heterocycles. The molecule has 0 spiro atoms. The molecule has 7 nitrogen and oxygen atoms in total. The standard InChI is InChI=1S/C18H17N7S/c1-13-8-9-16(14(2)10-13)24-12-19-21-18(24)26-11-17-20-22-23-25(17)15-6-4-3-5-7-15/h3-10,12H,11H2,1-2H3. The third-order valence-corrected chi connectivity index (χ3v) is 4.93. The van der Waals surface area contributed by atoms with Crippen molar-refractivity contribution in [2.45, 2.75) is 24.8 Å². The molecule has 0 N–H and O–H groups in total. The summed E-state index contributed by atoms with van der Waals surface area (Å²) in [6, 6.07) is 16.2. The van der Waals surface area contributed by atoms with E-state index in [-0.39, 0.29) is 0 Å². The van der Waals surface area contributed by atoms with Crippen molar-refractivity contribution in [3.05, 3.63) is 71.8 Å². The highest BCUT2D eigenvalue weighted by atomic mass is 32.2. The van der Waals surface area contributed by atoms with Gasteiger partial charge in [0.15, 0.2) is 11.0 Å². The van der Waals surface area contributed by atoms with Gasteiger partial charge in [-0.3, -0.25) is 4.57 Å². The maximum Gasteiger partial charge on any atom is 0.196 e. The van der Waals surface area contributed by atoms with E-state index in [0.717, 1.165) is 22.4 Å². The molecule has 0 saturated heterocycles. The molecule has 4 rings (SSSR count). The van der Waals surface area contributed by atoms with E-state index in [4.69, 9.17) is 0 Å². The highest BCUT2D eigenvalue weighted by molar-refractivity contribution is 7.98. The van der Waals surface area contributed by atoms with Gasteiger partial charge in [-0.15, -0.1) is 15.3 Å². The normalized spacial score (nSPS) is 11.0. The van der Waals surface area contributed by atoms with Gasteiger partial charge in [0.25, 0.3) is 0 Å². The van der Waals surface area contributed by atoms with Crippen LogP contribution in [0.3, 0.4) is 0 Å². The van der Waals surface area contributed by atoms with Gasteiger partial charge in [0.05, 0.1) is 17.1 Å². The largest absolute Gasteiger partial charge is 0.276 e. The molecule has 8 heteroatoms. The summed E-state index contributed by atoms with van der Waals surface area (Å²) in [7, 11) is 0. The molecular weight excluding hydrogens is 346 g/mol. The first-order valence-electron chi connectivity index (χ1n) is 8.15. The van der Waals surface area contributed by atoms with Crippen molar-refractivity contribution in [2.24, 2.45) is 0 Å². The molecule has 0 saturated carbocycles. The highest BCUT2D eigenvalue weighted by Crippen LogP contribution is 2.25. The first-order chi connectivity index (χ1) is 12.7. The van der Waals surface area contributed by atoms with Crippen molar-refractivity contribution in [1.82, 2.24) is 35.0 Å². The summed E-state index contributed by atoms with van der Waals surface area (Å²) in [5.41, 5.74) is 4.42. The lowest BCUT2D eigenvalue weighted by atomic mass is 10.1. The Balaban J connectivity index is 1.58. The van der Waals surface area contributed by atoms with Crippen LogP contribution in [0.1, 0.15) is 17.0 Å². The van der Waals surface area contributed by atoms with Gasteiger partial charge in [-0.05, 0) is 48.0 Å². The quantitative estimate of drug-likeness (QED) is 0.507. The summed E-state index contributed by atoms with van der Waals surface area (Å²) in [4.78, 5) is 0. The van der Waals surface area contributed by atoms with Crippen LogP contribution in [0.25, 0.3) is 11.4 Å². The van der Waals surface area contributed by atoms with Crippen LogP contribution >= 0.6 is 11.8 Å². The van der Waals surface area contributed by atoms with Crippen LogP contribution in [-0.2, 0) is 5.75 Å². The maximum atomic E-state index is 4.26. The van der Waals surface area contributed by atoms with Crippen molar-refractivity contribution in [3.8, 4) is 11.4 Å². The highest BCUT2D eigenvalue weighted by Gasteiger charge is 2.13. The molecule has 0 aliphatic carbocycles. The van der Waals surface area contributed by atoms with Crippen LogP contribution < -0.4 is 0 Å². The molecule has 2 aromatic heterocycles. The lowest BCUT2D eigenvalue weighted by molar-refractivity contribution is 0.777. The fraction of sp³-hybridized carbons (Fsp3) is 0.167. The summed E-state index contributed by atoms with van der Waals surface area (Å²) < 4.78 is 3.74. The lowest BCUT2D eigenvalue weighted by Crippen LogP contribution is -2.03. The average Bonchev–Trinajstić information content (AvgIpc) is 3.30. The van der Waals surface area contributed by atoms with E-state index in [1.807, 2.05) is 34.9 Å². The van der Waals surface area contributed by atoms with Gasteiger partial charge in [-0.2, -0.15) is 4.68 Å². The minimum absolute atomic E-state index is 0.589. The fourth-order valence-electron chi connectivity index (χ4n) is 2.76. The Labute approximate surface area is 155 Å². The molecule has 0 bridgehead atoms. The fourth-order valence-corrected chi connectivity index (χ4v) is 3.59. The number of tetrazole rings is 1. The number of aromatic nitrogens is 7. The van der Waals surface area contributed by atoms with E-state index < -0.39 is 0 Å². The van der Waals surface area contributed by atoms with Gasteiger partial charge in [0.1, 0.15) is 6.33 Å². The van der Waals surface area contributed by atoms with E-state index in [1.165, 1.54) is 11.1 Å². The minimum Gasteiger partial charge on any atom is -0.276 e. The minimum atomic E-state index is 0.589. The van der Waals surface area contributed by atoms with Gasteiger partial charge >= 0.3 is 0 Å². The number of nitrogens with zero attached hydrogens (tertiary/aromatic N) is 7. The zero-order valence-corrected chi connectivity index (χ0v) is 15.3. The SMILES string of the molecule is Cc1ccc(-n2cnnc2SCc2nnnn2-c2ccccc2)c(C)c1. The predicted octanol–water partition coefficient (Wildman–Crippen LogP) is 3.15. The molecule has 0 aliphatic heterocycles. The third-order valence-electron chi connectivity index (χ3n) is 3.99. The molecule has 0 amide bonds. The van der Waals surface area contributed by atoms with Crippen molar-refractivity contribution in [2.75, 3.05) is 0 Å². The Morgan fingerprint density at radius 3 is 2.65 bits per heavy atom. The van der Waals surface area contributed by atoms with Gasteiger partial charge < -0.3 is 0 Å². The number of aryl methyl sites for hydroxylation is 2. The van der Waals surface area contributed by atoms with Gasteiger partial charge in [0.2, 0.25) is 0 Å². The van der Waals surface area contributed by atoms with E-state index in [1.54, 1.807) is 22.8 Å². The summed E-state index contributed by atoms with van der Waals surface area (Å²) in [5.74, 6) is 1.35. The zero-order chi connectivity index (χ0) is 17.9. The molecule has 0 unspecified atom stereocenters. The lowest BCUT2D eigenvalue weighted by Gasteiger charge is -2.10. The Hall–Kier alpha value is -3.00. The van der Waals surface area contributed by atoms with Crippen LogP contribution in [0.2, 0.25) is 0 Å². The first-order valence-corrected chi connectivity index (χ1v) is 9.14. The van der Waals surface area contributed by atoms with E-state index in [0.29, 0.717) is 5.75 Å². The third kappa shape index (κ3) is 3.23. The Kier molecular flexibility index (Phi) is 4.49. The molecule has 0 radical (unpaired) electrons. The Morgan fingerprint density at radius 1 is 1.00 bits per heavy atom. The molecule has 130 valence electrons. The number of hydrogen-bond donors (Lipinski definition) is 0. The summed E-state index contributed by atoms with van der Waals surface area (Å²) in [6.07, 6.45) is 1.74. The van der Waals surface area contributed by atoms with Gasteiger partial charge in [0, 0.05) is 0 Å². The molecule has 0 atom stereocenters. The topological polar surface area (TPSA) is 74.3 Å². The van der Waals surface area contributed by atoms with Crippen LogP contribution in [0.4, 0.5) is 0 Å². The van der Waals surface area contributed by atoms with Crippen molar-refractivity contribution >= 4 is 11.8 Å². The monoisotopic (exact) mass is 363 g/mol.